The number of rotatable bonds is 4. The van der Waals surface area contributed by atoms with E-state index >= 15 is 0 Å². The first-order chi connectivity index (χ1) is 11.1. The number of carbonyl (C=O) groups excluding carboxylic acids is 1. The molecule has 1 aliphatic rings. The number of hydrogen-bond donors (Lipinski definition) is 2. The van der Waals surface area contributed by atoms with Gasteiger partial charge in [-0.15, -0.1) is 0 Å². The molecule has 23 heavy (non-hydrogen) atoms. The molecule has 0 bridgehead atoms. The molecule has 0 aliphatic carbocycles. The highest BCUT2D eigenvalue weighted by molar-refractivity contribution is 6.00. The van der Waals surface area contributed by atoms with Crippen molar-refractivity contribution in [1.29, 1.82) is 5.41 Å². The summed E-state index contributed by atoms with van der Waals surface area (Å²) < 4.78 is 10.6. The van der Waals surface area contributed by atoms with E-state index < -0.39 is 6.09 Å². The summed E-state index contributed by atoms with van der Waals surface area (Å²) in [6.45, 7) is 2.52. The SMILES string of the molecule is Cc1ccccc1NC(=O)OCC(=N)c1ccc2c(c1)CCO2. The number of nitrogens with one attached hydrogen (secondary N) is 2. The van der Waals surface area contributed by atoms with Crippen LogP contribution in [0, 0.1) is 12.3 Å². The fourth-order valence-corrected chi connectivity index (χ4v) is 2.45. The second kappa shape index (κ2) is 6.52. The molecule has 3 rings (SSSR count). The number of para-hydroxylation sites is 1. The number of aryl methyl sites for hydroxylation is 1. The molecule has 0 unspecified atom stereocenters. The summed E-state index contributed by atoms with van der Waals surface area (Å²) in [6.07, 6.45) is 0.291. The van der Waals surface area contributed by atoms with Gasteiger partial charge in [0.25, 0.3) is 0 Å². The van der Waals surface area contributed by atoms with E-state index in [0.29, 0.717) is 12.3 Å². The van der Waals surface area contributed by atoms with E-state index in [4.69, 9.17) is 14.9 Å². The highest BCUT2D eigenvalue weighted by Crippen LogP contribution is 2.26. The zero-order valence-corrected chi connectivity index (χ0v) is 12.9. The van der Waals surface area contributed by atoms with Crippen LogP contribution in [-0.4, -0.2) is 25.0 Å². The molecule has 0 saturated heterocycles. The van der Waals surface area contributed by atoms with E-state index in [0.717, 1.165) is 28.9 Å². The van der Waals surface area contributed by atoms with E-state index in [1.54, 1.807) is 0 Å². The third kappa shape index (κ3) is 3.51. The summed E-state index contributed by atoms with van der Waals surface area (Å²) in [5.74, 6) is 0.875. The smallest absolute Gasteiger partial charge is 0.412 e. The molecule has 0 radical (unpaired) electrons. The van der Waals surface area contributed by atoms with Gasteiger partial charge in [-0.1, -0.05) is 18.2 Å². The second-order valence-electron chi connectivity index (χ2n) is 5.42. The number of ether oxygens (including phenoxy) is 2. The van der Waals surface area contributed by atoms with Gasteiger partial charge in [0.1, 0.15) is 12.4 Å². The molecular formula is C18H18N2O3. The minimum Gasteiger partial charge on any atom is -0.493 e. The van der Waals surface area contributed by atoms with Crippen LogP contribution < -0.4 is 10.1 Å². The lowest BCUT2D eigenvalue weighted by molar-refractivity contribution is 0.177. The third-order valence-corrected chi connectivity index (χ3v) is 3.77. The molecule has 0 fully saturated rings. The van der Waals surface area contributed by atoms with Crippen molar-refractivity contribution >= 4 is 17.5 Å². The summed E-state index contributed by atoms with van der Waals surface area (Å²) in [7, 11) is 0. The zero-order valence-electron chi connectivity index (χ0n) is 12.9. The molecule has 2 aromatic rings. The number of amides is 1. The van der Waals surface area contributed by atoms with Crippen molar-refractivity contribution in [2.45, 2.75) is 13.3 Å². The minimum atomic E-state index is -0.562. The molecule has 0 saturated carbocycles. The van der Waals surface area contributed by atoms with Crippen molar-refractivity contribution in [3.63, 3.8) is 0 Å². The van der Waals surface area contributed by atoms with Gasteiger partial charge >= 0.3 is 6.09 Å². The molecule has 5 heteroatoms. The average Bonchev–Trinajstić information content (AvgIpc) is 3.02. The molecule has 118 valence electrons. The van der Waals surface area contributed by atoms with E-state index in [1.807, 2.05) is 49.4 Å². The monoisotopic (exact) mass is 310 g/mol. The maximum atomic E-state index is 11.8. The number of benzene rings is 2. The zero-order chi connectivity index (χ0) is 16.2. The molecule has 5 nitrogen and oxygen atoms in total. The van der Waals surface area contributed by atoms with Gasteiger partial charge in [-0.2, -0.15) is 0 Å². The Labute approximate surface area is 134 Å². The maximum Gasteiger partial charge on any atom is 0.412 e. The van der Waals surface area contributed by atoms with Crippen LogP contribution in [0.15, 0.2) is 42.5 Å². The van der Waals surface area contributed by atoms with Crippen molar-refractivity contribution < 1.29 is 14.3 Å². The molecule has 0 aromatic heterocycles. The molecule has 1 amide bonds. The number of anilines is 1. The van der Waals surface area contributed by atoms with Gasteiger partial charge in [-0.05, 0) is 47.9 Å². The Morgan fingerprint density at radius 1 is 1.30 bits per heavy atom. The van der Waals surface area contributed by atoms with E-state index in [1.165, 1.54) is 0 Å². The summed E-state index contributed by atoms with van der Waals surface area (Å²) in [4.78, 5) is 11.8. The van der Waals surface area contributed by atoms with Crippen LogP contribution in [0.3, 0.4) is 0 Å². The van der Waals surface area contributed by atoms with Gasteiger partial charge < -0.3 is 14.9 Å². The lowest BCUT2D eigenvalue weighted by Crippen LogP contribution is -2.19. The van der Waals surface area contributed by atoms with E-state index in [2.05, 4.69) is 5.32 Å². The van der Waals surface area contributed by atoms with Crippen molar-refractivity contribution in [1.82, 2.24) is 0 Å². The Hall–Kier alpha value is -2.82. The Morgan fingerprint density at radius 3 is 2.96 bits per heavy atom. The minimum absolute atomic E-state index is 0.0721. The van der Waals surface area contributed by atoms with E-state index in [9.17, 15) is 4.79 Å². The molecular weight excluding hydrogens is 292 g/mol. The summed E-state index contributed by atoms with van der Waals surface area (Å²) in [6, 6.07) is 13.1. The molecule has 1 heterocycles. The van der Waals surface area contributed by atoms with Crippen LogP contribution in [0.5, 0.6) is 5.75 Å². The van der Waals surface area contributed by atoms with Gasteiger partial charge in [-0.3, -0.25) is 5.32 Å². The fraction of sp³-hybridized carbons (Fsp3) is 0.222. The third-order valence-electron chi connectivity index (χ3n) is 3.77. The highest BCUT2D eigenvalue weighted by Gasteiger charge is 2.14. The first-order valence-corrected chi connectivity index (χ1v) is 7.46. The number of hydrogen-bond acceptors (Lipinski definition) is 4. The van der Waals surface area contributed by atoms with Crippen molar-refractivity contribution in [3.8, 4) is 5.75 Å². The largest absolute Gasteiger partial charge is 0.493 e. The topological polar surface area (TPSA) is 71.4 Å². The molecule has 0 atom stereocenters. The Kier molecular flexibility index (Phi) is 4.28. The van der Waals surface area contributed by atoms with Crippen LogP contribution in [0.1, 0.15) is 16.7 Å². The normalized spacial score (nSPS) is 12.2. The van der Waals surface area contributed by atoms with Crippen molar-refractivity contribution in [2.75, 3.05) is 18.5 Å². The molecule has 2 N–H and O–H groups in total. The summed E-state index contributed by atoms with van der Waals surface area (Å²) >= 11 is 0. The molecule has 1 aliphatic heterocycles. The van der Waals surface area contributed by atoms with Gasteiger partial charge in [0.15, 0.2) is 0 Å². The maximum absolute atomic E-state index is 11.8. The number of fused-ring (bicyclic) bond motifs is 1. The van der Waals surface area contributed by atoms with Gasteiger partial charge in [0.2, 0.25) is 0 Å². The predicted octanol–water partition coefficient (Wildman–Crippen LogP) is 3.55. The molecule has 0 spiro atoms. The Bertz CT molecular complexity index is 756. The van der Waals surface area contributed by atoms with Crippen LogP contribution in [0.4, 0.5) is 10.5 Å². The first-order valence-electron chi connectivity index (χ1n) is 7.46. The highest BCUT2D eigenvalue weighted by atomic mass is 16.5. The van der Waals surface area contributed by atoms with Crippen LogP contribution >= 0.6 is 0 Å². The fourth-order valence-electron chi connectivity index (χ4n) is 2.45. The van der Waals surface area contributed by atoms with Crippen molar-refractivity contribution in [3.05, 3.63) is 59.2 Å². The van der Waals surface area contributed by atoms with Gasteiger partial charge in [0.05, 0.1) is 12.3 Å². The van der Waals surface area contributed by atoms with E-state index in [-0.39, 0.29) is 12.3 Å². The Balaban J connectivity index is 1.56. The van der Waals surface area contributed by atoms with Gasteiger partial charge in [0, 0.05) is 12.1 Å². The average molecular weight is 310 g/mol. The lowest BCUT2D eigenvalue weighted by atomic mass is 10.1. The lowest BCUT2D eigenvalue weighted by Gasteiger charge is -2.10. The van der Waals surface area contributed by atoms with Crippen LogP contribution in [-0.2, 0) is 11.2 Å². The standard InChI is InChI=1S/C18H18N2O3/c1-12-4-2-3-5-16(12)20-18(21)23-11-15(19)13-6-7-17-14(10-13)8-9-22-17/h2-7,10,19H,8-9,11H2,1H3,(H,20,21). The first kappa shape index (κ1) is 15.1. The quantitative estimate of drug-likeness (QED) is 0.848. The van der Waals surface area contributed by atoms with Crippen LogP contribution in [0.2, 0.25) is 0 Å². The molecule has 2 aromatic carbocycles. The predicted molar refractivity (Wildman–Crippen MR) is 88.6 cm³/mol. The second-order valence-corrected chi connectivity index (χ2v) is 5.42. The van der Waals surface area contributed by atoms with Gasteiger partial charge in [-0.25, -0.2) is 4.79 Å². The Morgan fingerprint density at radius 2 is 2.13 bits per heavy atom. The number of carbonyl (C=O) groups is 1. The van der Waals surface area contributed by atoms with Crippen molar-refractivity contribution in [2.24, 2.45) is 0 Å². The summed E-state index contributed by atoms with van der Waals surface area (Å²) in [5.41, 5.74) is 3.77. The summed E-state index contributed by atoms with van der Waals surface area (Å²) in [5, 5.41) is 10.7. The van der Waals surface area contributed by atoms with Crippen LogP contribution in [0.25, 0.3) is 0 Å².